The molecule has 1 saturated heterocycles. The van der Waals surface area contributed by atoms with Crippen LogP contribution < -0.4 is 0 Å². The Morgan fingerprint density at radius 2 is 1.80 bits per heavy atom. The van der Waals surface area contributed by atoms with E-state index in [1.165, 1.54) is 19.3 Å². The van der Waals surface area contributed by atoms with Crippen LogP contribution in [0.2, 0.25) is 0 Å². The number of Topliss-reactive ketones (excluding diaryl/α,β-unsaturated/α-hetero) is 1. The second-order valence-corrected chi connectivity index (χ2v) is 6.57. The van der Waals surface area contributed by atoms with E-state index in [9.17, 15) is 4.79 Å². The van der Waals surface area contributed by atoms with E-state index in [-0.39, 0.29) is 5.78 Å². The molecular formula is C21H22N2O2. The van der Waals surface area contributed by atoms with E-state index in [1.54, 1.807) is 12.4 Å². The number of ether oxygens (including phenoxy) is 1. The number of allylic oxidation sites excluding steroid dienone is 1. The number of rotatable bonds is 5. The van der Waals surface area contributed by atoms with Gasteiger partial charge in [-0.15, -0.1) is 0 Å². The van der Waals surface area contributed by atoms with E-state index in [1.807, 2.05) is 36.4 Å². The molecule has 4 nitrogen and oxygen atoms in total. The van der Waals surface area contributed by atoms with E-state index < -0.39 is 0 Å². The zero-order chi connectivity index (χ0) is 17.1. The molecule has 0 bridgehead atoms. The summed E-state index contributed by atoms with van der Waals surface area (Å²) >= 11 is 0. The Kier molecular flexibility index (Phi) is 4.61. The Labute approximate surface area is 148 Å². The Balaban J connectivity index is 1.60. The van der Waals surface area contributed by atoms with Gasteiger partial charge in [-0.1, -0.05) is 36.8 Å². The van der Waals surface area contributed by atoms with E-state index in [0.29, 0.717) is 23.5 Å². The molecule has 128 valence electrons. The zero-order valence-corrected chi connectivity index (χ0v) is 14.3. The first kappa shape index (κ1) is 16.0. The lowest BCUT2D eigenvalue weighted by atomic mass is 10.0. The van der Waals surface area contributed by atoms with Crippen LogP contribution in [0, 0.1) is 0 Å². The molecular weight excluding hydrogens is 312 g/mol. The number of benzene rings is 1. The van der Waals surface area contributed by atoms with Gasteiger partial charge in [-0.2, -0.15) is 0 Å². The van der Waals surface area contributed by atoms with E-state index in [4.69, 9.17) is 4.74 Å². The Morgan fingerprint density at radius 1 is 1.00 bits per heavy atom. The van der Waals surface area contributed by atoms with Crippen molar-refractivity contribution in [2.24, 2.45) is 0 Å². The van der Waals surface area contributed by atoms with Gasteiger partial charge in [0.25, 0.3) is 0 Å². The topological polar surface area (TPSA) is 42.4 Å². The number of aromatic nitrogens is 1. The second kappa shape index (κ2) is 7.19. The fraction of sp³-hybridized carbons (Fsp3) is 0.333. The molecule has 1 aromatic heterocycles. The lowest BCUT2D eigenvalue weighted by Crippen LogP contribution is -2.32. The number of fused-ring (bicyclic) bond motifs is 1. The van der Waals surface area contributed by atoms with Crippen molar-refractivity contribution in [3.05, 3.63) is 65.5 Å². The first-order chi connectivity index (χ1) is 12.3. The summed E-state index contributed by atoms with van der Waals surface area (Å²) in [7, 11) is 0. The Hall–Kier alpha value is -2.46. The number of hydrogen-bond donors (Lipinski definition) is 0. The van der Waals surface area contributed by atoms with Crippen molar-refractivity contribution >= 4 is 17.1 Å². The molecule has 0 saturated carbocycles. The fourth-order valence-electron chi connectivity index (χ4n) is 3.63. The third kappa shape index (κ3) is 3.22. The number of ketones is 1. The van der Waals surface area contributed by atoms with Crippen LogP contribution in [0.15, 0.2) is 48.8 Å². The third-order valence-electron chi connectivity index (χ3n) is 4.92. The van der Waals surface area contributed by atoms with Gasteiger partial charge in [0.15, 0.2) is 5.78 Å². The summed E-state index contributed by atoms with van der Waals surface area (Å²) in [6.45, 7) is 3.79. The van der Waals surface area contributed by atoms with Crippen molar-refractivity contribution in [2.45, 2.75) is 19.3 Å². The van der Waals surface area contributed by atoms with Crippen molar-refractivity contribution in [1.29, 1.82) is 0 Å². The number of carbonyl (C=O) groups is 1. The van der Waals surface area contributed by atoms with Crippen LogP contribution in [-0.4, -0.2) is 41.9 Å². The maximum atomic E-state index is 12.9. The molecule has 1 aromatic carbocycles. The quantitative estimate of drug-likeness (QED) is 0.837. The molecule has 1 fully saturated rings. The average molecular weight is 334 g/mol. The normalized spacial score (nSPS) is 17.7. The van der Waals surface area contributed by atoms with Crippen LogP contribution in [0.3, 0.4) is 0 Å². The van der Waals surface area contributed by atoms with Gasteiger partial charge in [-0.05, 0) is 32.0 Å². The summed E-state index contributed by atoms with van der Waals surface area (Å²) in [4.78, 5) is 19.5. The largest absolute Gasteiger partial charge is 0.491 e. The smallest absolute Gasteiger partial charge is 0.198 e. The van der Waals surface area contributed by atoms with Crippen LogP contribution in [0.4, 0.5) is 0 Å². The van der Waals surface area contributed by atoms with Gasteiger partial charge in [0.1, 0.15) is 12.4 Å². The molecule has 1 aliphatic carbocycles. The Morgan fingerprint density at radius 3 is 2.56 bits per heavy atom. The Bertz CT molecular complexity index is 793. The molecule has 0 N–H and O–H groups in total. The maximum Gasteiger partial charge on any atom is 0.198 e. The van der Waals surface area contributed by atoms with Crippen molar-refractivity contribution in [2.75, 3.05) is 26.2 Å². The molecule has 4 rings (SSSR count). The highest BCUT2D eigenvalue weighted by atomic mass is 16.5. The van der Waals surface area contributed by atoms with E-state index in [2.05, 4.69) is 9.88 Å². The van der Waals surface area contributed by atoms with Crippen LogP contribution >= 0.6 is 0 Å². The van der Waals surface area contributed by atoms with E-state index in [0.717, 1.165) is 30.8 Å². The summed E-state index contributed by atoms with van der Waals surface area (Å²) in [6, 6.07) is 11.5. The van der Waals surface area contributed by atoms with Gasteiger partial charge in [-0.25, -0.2) is 0 Å². The first-order valence-electron chi connectivity index (χ1n) is 8.98. The van der Waals surface area contributed by atoms with Gasteiger partial charge >= 0.3 is 0 Å². The number of piperidine rings is 1. The highest BCUT2D eigenvalue weighted by Gasteiger charge is 2.31. The zero-order valence-electron chi connectivity index (χ0n) is 14.3. The van der Waals surface area contributed by atoms with E-state index >= 15 is 0 Å². The lowest BCUT2D eigenvalue weighted by Gasteiger charge is -2.26. The number of likely N-dealkylation sites (tertiary alicyclic amines) is 1. The van der Waals surface area contributed by atoms with Gasteiger partial charge in [-0.3, -0.25) is 14.7 Å². The predicted octanol–water partition coefficient (Wildman–Crippen LogP) is 3.65. The van der Waals surface area contributed by atoms with Gasteiger partial charge in [0, 0.05) is 35.6 Å². The highest BCUT2D eigenvalue weighted by molar-refractivity contribution is 6.39. The van der Waals surface area contributed by atoms with Gasteiger partial charge in [0.2, 0.25) is 0 Å². The fourth-order valence-corrected chi connectivity index (χ4v) is 3.63. The summed E-state index contributed by atoms with van der Waals surface area (Å²) in [5, 5.41) is 0. The highest BCUT2D eigenvalue weighted by Crippen LogP contribution is 2.38. The number of nitrogens with zero attached hydrogens (tertiary/aromatic N) is 2. The molecule has 25 heavy (non-hydrogen) atoms. The second-order valence-electron chi connectivity index (χ2n) is 6.57. The van der Waals surface area contributed by atoms with Gasteiger partial charge < -0.3 is 4.74 Å². The summed E-state index contributed by atoms with van der Waals surface area (Å²) in [6.07, 6.45) is 7.31. The minimum absolute atomic E-state index is 0.0246. The monoisotopic (exact) mass is 334 g/mol. The minimum Gasteiger partial charge on any atom is -0.491 e. The standard InChI is InChI=1S/C21H22N2O2/c24-20-17-8-2-3-9-18(17)21(19(20)16-7-6-10-22-15-16)25-14-13-23-11-4-1-5-12-23/h2-3,6-10,15H,1,4-5,11-14H2. The number of pyridine rings is 1. The number of carbonyl (C=O) groups excluding carboxylic acids is 1. The summed E-state index contributed by atoms with van der Waals surface area (Å²) in [5.74, 6) is 0.724. The lowest BCUT2D eigenvalue weighted by molar-refractivity contribution is 0.105. The molecule has 0 unspecified atom stereocenters. The first-order valence-corrected chi connectivity index (χ1v) is 8.98. The maximum absolute atomic E-state index is 12.9. The molecule has 4 heteroatoms. The predicted molar refractivity (Wildman–Crippen MR) is 98.1 cm³/mol. The average Bonchev–Trinajstić information content (AvgIpc) is 2.96. The molecule has 2 aromatic rings. The van der Waals surface area contributed by atoms with Crippen LogP contribution in [0.25, 0.3) is 11.3 Å². The minimum atomic E-state index is 0.0246. The van der Waals surface area contributed by atoms with Crippen molar-refractivity contribution < 1.29 is 9.53 Å². The van der Waals surface area contributed by atoms with Crippen LogP contribution in [0.1, 0.15) is 40.7 Å². The molecule has 1 aliphatic heterocycles. The van der Waals surface area contributed by atoms with Crippen LogP contribution in [0.5, 0.6) is 0 Å². The molecule has 0 spiro atoms. The van der Waals surface area contributed by atoms with Crippen molar-refractivity contribution in [3.8, 4) is 0 Å². The molecule has 0 amide bonds. The van der Waals surface area contributed by atoms with Gasteiger partial charge in [0.05, 0.1) is 5.57 Å². The molecule has 0 atom stereocenters. The van der Waals surface area contributed by atoms with Crippen molar-refractivity contribution in [3.63, 3.8) is 0 Å². The molecule has 0 radical (unpaired) electrons. The van der Waals surface area contributed by atoms with Crippen molar-refractivity contribution in [1.82, 2.24) is 9.88 Å². The SMILES string of the molecule is O=C1C(c2cccnc2)=C(OCCN2CCCCC2)c2ccccc21. The molecule has 2 aliphatic rings. The number of hydrogen-bond acceptors (Lipinski definition) is 4. The third-order valence-corrected chi connectivity index (χ3v) is 4.92. The molecule has 2 heterocycles. The summed E-state index contributed by atoms with van der Waals surface area (Å²) < 4.78 is 6.16. The van der Waals surface area contributed by atoms with Crippen LogP contribution in [-0.2, 0) is 4.74 Å². The summed E-state index contributed by atoms with van der Waals surface area (Å²) in [5.41, 5.74) is 3.06.